The Kier molecular flexibility index (Phi) is 3.90. The molecule has 1 N–H and O–H groups in total. The zero-order valence-corrected chi connectivity index (χ0v) is 9.83. The van der Waals surface area contributed by atoms with Crippen LogP contribution in [0.25, 0.3) is 0 Å². The molecule has 1 rings (SSSR count). The van der Waals surface area contributed by atoms with E-state index in [0.29, 0.717) is 4.67 Å². The fourth-order valence-corrected chi connectivity index (χ4v) is 1.25. The van der Waals surface area contributed by atoms with Gasteiger partial charge in [-0.3, -0.25) is 4.79 Å². The van der Waals surface area contributed by atoms with Crippen molar-refractivity contribution in [1.82, 2.24) is 5.32 Å². The van der Waals surface area contributed by atoms with Crippen molar-refractivity contribution in [1.29, 1.82) is 0 Å². The Morgan fingerprint density at radius 1 is 1.53 bits per heavy atom. The number of furan rings is 1. The molecule has 15 heavy (non-hydrogen) atoms. The van der Waals surface area contributed by atoms with Crippen LogP contribution in [0, 0.1) is 0 Å². The fraction of sp³-hybridized carbons (Fsp3) is 0.333. The lowest BCUT2D eigenvalue weighted by Crippen LogP contribution is -2.38. The van der Waals surface area contributed by atoms with Crippen LogP contribution < -0.4 is 5.32 Å². The third-order valence-electron chi connectivity index (χ3n) is 1.70. The Hall–Kier alpha value is -1.30. The molecule has 0 aliphatic heterocycles. The van der Waals surface area contributed by atoms with Crippen LogP contribution in [-0.4, -0.2) is 25.0 Å². The highest BCUT2D eigenvalue weighted by atomic mass is 79.9. The Morgan fingerprint density at radius 3 is 2.67 bits per heavy atom. The van der Waals surface area contributed by atoms with Crippen LogP contribution in [0.2, 0.25) is 0 Å². The molecule has 0 radical (unpaired) electrons. The number of hydrogen-bond donors (Lipinski definition) is 1. The van der Waals surface area contributed by atoms with E-state index in [1.54, 1.807) is 6.07 Å². The van der Waals surface area contributed by atoms with Gasteiger partial charge in [0.25, 0.3) is 5.91 Å². The number of nitrogens with one attached hydrogen (secondary N) is 1. The molecule has 1 heterocycles. The first-order chi connectivity index (χ1) is 7.04. The summed E-state index contributed by atoms with van der Waals surface area (Å²) < 4.78 is 9.93. The number of methoxy groups -OCH3 is 1. The first kappa shape index (κ1) is 11.8. The van der Waals surface area contributed by atoms with E-state index in [9.17, 15) is 9.59 Å². The minimum Gasteiger partial charge on any atom is -0.467 e. The highest BCUT2D eigenvalue weighted by Gasteiger charge is 2.18. The lowest BCUT2D eigenvalue weighted by atomic mass is 10.3. The second kappa shape index (κ2) is 4.97. The van der Waals surface area contributed by atoms with Crippen molar-refractivity contribution in [3.8, 4) is 0 Å². The van der Waals surface area contributed by atoms with Gasteiger partial charge in [0.15, 0.2) is 10.4 Å². The Morgan fingerprint density at radius 2 is 2.20 bits per heavy atom. The van der Waals surface area contributed by atoms with Crippen molar-refractivity contribution >= 4 is 27.8 Å². The van der Waals surface area contributed by atoms with Gasteiger partial charge in [0.2, 0.25) is 0 Å². The van der Waals surface area contributed by atoms with Crippen molar-refractivity contribution < 1.29 is 18.7 Å². The minimum absolute atomic E-state index is 0.137. The van der Waals surface area contributed by atoms with Gasteiger partial charge >= 0.3 is 5.97 Å². The molecule has 0 spiro atoms. The summed E-state index contributed by atoms with van der Waals surface area (Å²) in [6.07, 6.45) is 0. The molecule has 1 aromatic heterocycles. The van der Waals surface area contributed by atoms with E-state index in [1.807, 2.05) is 0 Å². The Bertz CT molecular complexity index is 374. The lowest BCUT2D eigenvalue weighted by molar-refractivity contribution is -0.142. The molecule has 1 aromatic rings. The second-order valence-corrected chi connectivity index (χ2v) is 3.60. The van der Waals surface area contributed by atoms with E-state index in [0.717, 1.165) is 0 Å². The number of rotatable bonds is 3. The van der Waals surface area contributed by atoms with Gasteiger partial charge in [-0.05, 0) is 35.0 Å². The third-order valence-corrected chi connectivity index (χ3v) is 2.13. The normalized spacial score (nSPS) is 11.9. The van der Waals surface area contributed by atoms with E-state index < -0.39 is 17.9 Å². The number of ether oxygens (including phenoxy) is 1. The molecule has 0 aliphatic rings. The van der Waals surface area contributed by atoms with Gasteiger partial charge in [0.05, 0.1) is 7.11 Å². The van der Waals surface area contributed by atoms with Crippen LogP contribution in [0.1, 0.15) is 17.5 Å². The van der Waals surface area contributed by atoms with Crippen LogP contribution in [-0.2, 0) is 9.53 Å². The monoisotopic (exact) mass is 275 g/mol. The molecule has 0 saturated carbocycles. The molecule has 1 unspecified atom stereocenters. The molecule has 0 aromatic carbocycles. The molecule has 0 bridgehead atoms. The summed E-state index contributed by atoms with van der Waals surface area (Å²) in [6.45, 7) is 1.53. The molecular formula is C9H10BrNO4. The third kappa shape index (κ3) is 3.09. The summed E-state index contributed by atoms with van der Waals surface area (Å²) in [6, 6.07) is 2.40. The summed E-state index contributed by atoms with van der Waals surface area (Å²) in [5.74, 6) is -0.829. The number of carbonyl (C=O) groups is 2. The molecule has 0 aliphatic carbocycles. The molecule has 0 saturated heterocycles. The molecule has 0 fully saturated rings. The fourth-order valence-electron chi connectivity index (χ4n) is 0.940. The van der Waals surface area contributed by atoms with Gasteiger partial charge in [-0.15, -0.1) is 0 Å². The lowest BCUT2D eigenvalue weighted by Gasteiger charge is -2.09. The number of amides is 1. The maximum Gasteiger partial charge on any atom is 0.328 e. The van der Waals surface area contributed by atoms with Gasteiger partial charge in [0, 0.05) is 0 Å². The molecule has 1 atom stereocenters. The van der Waals surface area contributed by atoms with Crippen molar-refractivity contribution in [2.45, 2.75) is 13.0 Å². The van der Waals surface area contributed by atoms with Gasteiger partial charge in [-0.2, -0.15) is 0 Å². The molecule has 5 nitrogen and oxygen atoms in total. The van der Waals surface area contributed by atoms with Crippen LogP contribution in [0.4, 0.5) is 0 Å². The summed E-state index contributed by atoms with van der Waals surface area (Å²) >= 11 is 3.07. The van der Waals surface area contributed by atoms with Crippen LogP contribution in [0.5, 0.6) is 0 Å². The summed E-state index contributed by atoms with van der Waals surface area (Å²) in [7, 11) is 1.26. The maximum atomic E-state index is 11.5. The van der Waals surface area contributed by atoms with Gasteiger partial charge in [0.1, 0.15) is 6.04 Å². The zero-order valence-electron chi connectivity index (χ0n) is 8.24. The van der Waals surface area contributed by atoms with Gasteiger partial charge < -0.3 is 14.5 Å². The Labute approximate surface area is 94.9 Å². The first-order valence-corrected chi connectivity index (χ1v) is 4.98. The predicted octanol–water partition coefficient (Wildman–Crippen LogP) is 1.33. The summed E-state index contributed by atoms with van der Waals surface area (Å²) in [5.41, 5.74) is 0. The minimum atomic E-state index is -0.702. The first-order valence-electron chi connectivity index (χ1n) is 4.18. The van der Waals surface area contributed by atoms with Crippen LogP contribution in [0.15, 0.2) is 21.2 Å². The van der Waals surface area contributed by atoms with E-state index in [1.165, 1.54) is 20.1 Å². The van der Waals surface area contributed by atoms with E-state index >= 15 is 0 Å². The predicted molar refractivity (Wildman–Crippen MR) is 55.4 cm³/mol. The van der Waals surface area contributed by atoms with E-state index in [2.05, 4.69) is 26.0 Å². The standard InChI is InChI=1S/C9H10BrNO4/c1-5(9(13)14-2)11-8(12)6-3-4-7(10)15-6/h3-5H,1-2H3,(H,11,12). The van der Waals surface area contributed by atoms with Crippen molar-refractivity contribution in [2.24, 2.45) is 0 Å². The number of hydrogen-bond acceptors (Lipinski definition) is 4. The number of esters is 1. The smallest absolute Gasteiger partial charge is 0.328 e. The van der Waals surface area contributed by atoms with Crippen molar-refractivity contribution in [2.75, 3.05) is 7.11 Å². The SMILES string of the molecule is COC(=O)C(C)NC(=O)c1ccc(Br)o1. The van der Waals surface area contributed by atoms with Crippen molar-refractivity contribution in [3.05, 3.63) is 22.6 Å². The van der Waals surface area contributed by atoms with Crippen LogP contribution >= 0.6 is 15.9 Å². The number of halogens is 1. The van der Waals surface area contributed by atoms with Gasteiger partial charge in [-0.25, -0.2) is 4.79 Å². The topological polar surface area (TPSA) is 68.5 Å². The second-order valence-electron chi connectivity index (χ2n) is 2.82. The molecule has 6 heteroatoms. The molecule has 1 amide bonds. The maximum absolute atomic E-state index is 11.5. The zero-order chi connectivity index (χ0) is 11.4. The highest BCUT2D eigenvalue weighted by molar-refractivity contribution is 9.10. The van der Waals surface area contributed by atoms with Gasteiger partial charge in [-0.1, -0.05) is 0 Å². The largest absolute Gasteiger partial charge is 0.467 e. The summed E-state index contributed by atoms with van der Waals surface area (Å²) in [5, 5.41) is 2.43. The average Bonchev–Trinajstić information content (AvgIpc) is 2.63. The summed E-state index contributed by atoms with van der Waals surface area (Å²) in [4.78, 5) is 22.5. The van der Waals surface area contributed by atoms with Crippen molar-refractivity contribution in [3.63, 3.8) is 0 Å². The average molecular weight is 276 g/mol. The van der Waals surface area contributed by atoms with E-state index in [-0.39, 0.29) is 5.76 Å². The Balaban J connectivity index is 2.60. The molecular weight excluding hydrogens is 266 g/mol. The van der Waals surface area contributed by atoms with E-state index in [4.69, 9.17) is 4.42 Å². The molecule has 82 valence electrons. The highest BCUT2D eigenvalue weighted by Crippen LogP contribution is 2.13. The quantitative estimate of drug-likeness (QED) is 0.846. The van der Waals surface area contributed by atoms with Crippen LogP contribution in [0.3, 0.4) is 0 Å². The number of carbonyl (C=O) groups excluding carboxylic acids is 2.